The molecule has 3 aromatic carbocycles. The lowest BCUT2D eigenvalue weighted by molar-refractivity contribution is -0.113. The first-order valence-electron chi connectivity index (χ1n) is 9.31. The smallest absolute Gasteiger partial charge is 0.333 e. The van der Waals surface area contributed by atoms with Gasteiger partial charge in [0.1, 0.15) is 23.9 Å². The number of urea groups is 1. The van der Waals surface area contributed by atoms with E-state index < -0.39 is 11.9 Å². The Hall–Kier alpha value is -2.68. The third-order valence-corrected chi connectivity index (χ3v) is 6.02. The molecular weight excluding hydrogens is 567 g/mol. The molecule has 32 heavy (non-hydrogen) atoms. The van der Waals surface area contributed by atoms with E-state index in [1.165, 1.54) is 12.1 Å². The first-order chi connectivity index (χ1) is 15.3. The fraction of sp³-hybridized carbons (Fsp3) is 0.0435. The van der Waals surface area contributed by atoms with Crippen molar-refractivity contribution in [2.24, 2.45) is 0 Å². The number of nitrogens with one attached hydrogen (secondary N) is 1. The molecule has 1 saturated heterocycles. The molecule has 0 radical (unpaired) electrons. The number of carbonyl (C=O) groups excluding carboxylic acids is 2. The van der Waals surface area contributed by atoms with E-state index in [0.29, 0.717) is 36.5 Å². The zero-order chi connectivity index (χ0) is 22.8. The lowest BCUT2D eigenvalue weighted by Crippen LogP contribution is -2.30. The Morgan fingerprint density at radius 3 is 2.44 bits per heavy atom. The van der Waals surface area contributed by atoms with Crippen molar-refractivity contribution in [3.8, 4) is 5.75 Å². The number of ether oxygens (including phenoxy) is 1. The maximum Gasteiger partial charge on any atom is 0.333 e. The topological polar surface area (TPSA) is 58.6 Å². The Morgan fingerprint density at radius 1 is 1.03 bits per heavy atom. The van der Waals surface area contributed by atoms with Crippen molar-refractivity contribution < 1.29 is 18.7 Å². The Morgan fingerprint density at radius 2 is 1.75 bits per heavy atom. The second-order valence-electron chi connectivity index (χ2n) is 6.80. The fourth-order valence-corrected chi connectivity index (χ4v) is 4.75. The molecule has 0 aliphatic carbocycles. The summed E-state index contributed by atoms with van der Waals surface area (Å²) >= 11 is 12.9. The van der Waals surface area contributed by atoms with E-state index in [2.05, 4.69) is 37.2 Å². The van der Waals surface area contributed by atoms with E-state index in [1.54, 1.807) is 54.6 Å². The SMILES string of the molecule is O=C1N/C(=C/c2cc(Br)c(OCc3ccccc3F)c(Br)c2)C(=O)N1c1cccc(Cl)c1. The maximum atomic E-state index is 13.8. The highest BCUT2D eigenvalue weighted by Gasteiger charge is 2.35. The monoisotopic (exact) mass is 578 g/mol. The number of imide groups is 1. The molecule has 5 nitrogen and oxygen atoms in total. The second kappa shape index (κ2) is 9.44. The highest BCUT2D eigenvalue weighted by molar-refractivity contribution is 9.11. The normalized spacial score (nSPS) is 14.8. The van der Waals surface area contributed by atoms with Gasteiger partial charge in [-0.1, -0.05) is 35.9 Å². The Balaban J connectivity index is 1.56. The quantitative estimate of drug-likeness (QED) is 0.271. The largest absolute Gasteiger partial charge is 0.486 e. The number of rotatable bonds is 5. The molecule has 4 rings (SSSR count). The average Bonchev–Trinajstić information content (AvgIpc) is 3.01. The van der Waals surface area contributed by atoms with Crippen LogP contribution in [-0.2, 0) is 11.4 Å². The van der Waals surface area contributed by atoms with Crippen molar-refractivity contribution in [3.63, 3.8) is 0 Å². The van der Waals surface area contributed by atoms with Gasteiger partial charge in [0.05, 0.1) is 14.6 Å². The molecule has 1 aliphatic heterocycles. The van der Waals surface area contributed by atoms with Crippen LogP contribution >= 0.6 is 43.5 Å². The van der Waals surface area contributed by atoms with Gasteiger partial charge < -0.3 is 10.1 Å². The number of nitrogens with zero attached hydrogens (tertiary/aromatic N) is 1. The van der Waals surface area contributed by atoms with Crippen molar-refractivity contribution in [1.82, 2.24) is 5.32 Å². The predicted molar refractivity (Wildman–Crippen MR) is 128 cm³/mol. The molecule has 3 aromatic rings. The number of hydrogen-bond acceptors (Lipinski definition) is 3. The molecule has 9 heteroatoms. The van der Waals surface area contributed by atoms with Gasteiger partial charge in [0, 0.05) is 10.6 Å². The van der Waals surface area contributed by atoms with Crippen LogP contribution in [0, 0.1) is 5.82 Å². The summed E-state index contributed by atoms with van der Waals surface area (Å²) < 4.78 is 20.8. The summed E-state index contributed by atoms with van der Waals surface area (Å²) in [7, 11) is 0. The second-order valence-corrected chi connectivity index (χ2v) is 8.95. The summed E-state index contributed by atoms with van der Waals surface area (Å²) in [4.78, 5) is 26.2. The van der Waals surface area contributed by atoms with E-state index in [-0.39, 0.29) is 18.1 Å². The van der Waals surface area contributed by atoms with Gasteiger partial charge in [0.2, 0.25) is 0 Å². The summed E-state index contributed by atoms with van der Waals surface area (Å²) in [6, 6.07) is 15.8. The van der Waals surface area contributed by atoms with Gasteiger partial charge in [0.15, 0.2) is 0 Å². The first kappa shape index (κ1) is 22.5. The van der Waals surface area contributed by atoms with E-state index in [1.807, 2.05) is 0 Å². The number of benzene rings is 3. The van der Waals surface area contributed by atoms with Crippen LogP contribution in [0.3, 0.4) is 0 Å². The van der Waals surface area contributed by atoms with Crippen LogP contribution in [0.25, 0.3) is 6.08 Å². The van der Waals surface area contributed by atoms with Gasteiger partial charge in [-0.2, -0.15) is 0 Å². The van der Waals surface area contributed by atoms with Gasteiger partial charge >= 0.3 is 6.03 Å². The first-order valence-corrected chi connectivity index (χ1v) is 11.3. The van der Waals surface area contributed by atoms with Gasteiger partial charge in [-0.05, 0) is 79.9 Å². The molecule has 1 heterocycles. The van der Waals surface area contributed by atoms with Crippen LogP contribution in [0.1, 0.15) is 11.1 Å². The van der Waals surface area contributed by atoms with Crippen LogP contribution in [0.4, 0.5) is 14.9 Å². The third kappa shape index (κ3) is 4.72. The summed E-state index contributed by atoms with van der Waals surface area (Å²) in [6.07, 6.45) is 1.56. The van der Waals surface area contributed by atoms with Gasteiger partial charge in [-0.25, -0.2) is 14.1 Å². The van der Waals surface area contributed by atoms with E-state index in [4.69, 9.17) is 16.3 Å². The number of halogens is 4. The van der Waals surface area contributed by atoms with Crippen molar-refractivity contribution in [2.75, 3.05) is 4.90 Å². The highest BCUT2D eigenvalue weighted by Crippen LogP contribution is 2.36. The van der Waals surface area contributed by atoms with Crippen molar-refractivity contribution in [3.05, 3.63) is 97.3 Å². The Labute approximate surface area is 205 Å². The van der Waals surface area contributed by atoms with Crippen molar-refractivity contribution >= 4 is 67.2 Å². The molecule has 0 spiro atoms. The molecule has 1 fully saturated rings. The summed E-state index contributed by atoms with van der Waals surface area (Å²) in [5, 5.41) is 2.99. The minimum atomic E-state index is -0.563. The molecule has 0 aromatic heterocycles. The maximum absolute atomic E-state index is 13.8. The fourth-order valence-electron chi connectivity index (χ4n) is 3.12. The molecule has 0 unspecified atom stereocenters. The summed E-state index contributed by atoms with van der Waals surface area (Å²) in [5.41, 5.74) is 1.56. The predicted octanol–water partition coefficient (Wildman–Crippen LogP) is 6.68. The molecule has 0 bridgehead atoms. The molecule has 0 atom stereocenters. The van der Waals surface area contributed by atoms with Gasteiger partial charge in [-0.3, -0.25) is 4.79 Å². The number of anilines is 1. The van der Waals surface area contributed by atoms with E-state index in [0.717, 1.165) is 4.90 Å². The molecule has 162 valence electrons. The standard InChI is InChI=1S/C23H14Br2ClFN2O3/c24-17-8-13(9-18(25)21(17)32-12-14-4-1-2-7-19(14)27)10-20-22(30)29(23(31)28-20)16-6-3-5-15(26)11-16/h1-11H,12H2,(H,28,31)/b20-10+. The highest BCUT2D eigenvalue weighted by atomic mass is 79.9. The lowest BCUT2D eigenvalue weighted by Gasteiger charge is -2.12. The lowest BCUT2D eigenvalue weighted by atomic mass is 10.1. The van der Waals surface area contributed by atoms with Crippen molar-refractivity contribution in [2.45, 2.75) is 6.61 Å². The van der Waals surface area contributed by atoms with Crippen LogP contribution in [0.15, 0.2) is 75.3 Å². The average molecular weight is 581 g/mol. The zero-order valence-corrected chi connectivity index (χ0v) is 20.2. The summed E-state index contributed by atoms with van der Waals surface area (Å²) in [5.74, 6) is -0.358. The molecule has 3 amide bonds. The van der Waals surface area contributed by atoms with Crippen LogP contribution in [0.2, 0.25) is 5.02 Å². The minimum Gasteiger partial charge on any atom is -0.486 e. The van der Waals surface area contributed by atoms with Crippen LogP contribution < -0.4 is 15.0 Å². The van der Waals surface area contributed by atoms with Gasteiger partial charge in [-0.15, -0.1) is 0 Å². The minimum absolute atomic E-state index is 0.0491. The number of hydrogen-bond donors (Lipinski definition) is 1. The third-order valence-electron chi connectivity index (χ3n) is 4.61. The van der Waals surface area contributed by atoms with Crippen molar-refractivity contribution in [1.29, 1.82) is 0 Å². The van der Waals surface area contributed by atoms with Gasteiger partial charge in [0.25, 0.3) is 5.91 Å². The molecular formula is C23H14Br2ClFN2O3. The summed E-state index contributed by atoms with van der Waals surface area (Å²) in [6.45, 7) is 0.0491. The van der Waals surface area contributed by atoms with E-state index in [9.17, 15) is 14.0 Å². The number of carbonyl (C=O) groups is 2. The Bertz CT molecular complexity index is 1240. The Kier molecular flexibility index (Phi) is 6.64. The molecule has 1 N–H and O–H groups in total. The van der Waals surface area contributed by atoms with Crippen LogP contribution in [0.5, 0.6) is 5.75 Å². The number of amides is 3. The van der Waals surface area contributed by atoms with E-state index >= 15 is 0 Å². The molecule has 1 aliphatic rings. The van der Waals surface area contributed by atoms with Crippen LogP contribution in [-0.4, -0.2) is 11.9 Å². The molecule has 0 saturated carbocycles. The zero-order valence-electron chi connectivity index (χ0n) is 16.2.